The van der Waals surface area contributed by atoms with Gasteiger partial charge in [-0.05, 0) is 17.2 Å². The first-order valence-electron chi connectivity index (χ1n) is 6.46. The lowest BCUT2D eigenvalue weighted by Crippen LogP contribution is -2.55. The average molecular weight is 263 g/mol. The highest BCUT2D eigenvalue weighted by Crippen LogP contribution is 2.28. The van der Waals surface area contributed by atoms with E-state index in [0.29, 0.717) is 26.3 Å². The Kier molecular flexibility index (Phi) is 3.16. The van der Waals surface area contributed by atoms with Crippen LogP contribution < -0.4 is 10.1 Å². The number of rotatable bonds is 5. The minimum atomic E-state index is -0.784. The molecule has 3 rings (SSSR count). The molecule has 2 aliphatic rings. The molecule has 1 aromatic carbocycles. The first kappa shape index (κ1) is 12.4. The molecule has 0 bridgehead atoms. The van der Waals surface area contributed by atoms with Crippen LogP contribution in [0.25, 0.3) is 0 Å². The number of fused-ring (bicyclic) bond motifs is 1. The van der Waals surface area contributed by atoms with Gasteiger partial charge in [0.2, 0.25) is 0 Å². The third-order valence-corrected chi connectivity index (χ3v) is 3.76. The molecule has 0 atom stereocenters. The predicted molar refractivity (Wildman–Crippen MR) is 68.2 cm³/mol. The van der Waals surface area contributed by atoms with E-state index >= 15 is 0 Å². The van der Waals surface area contributed by atoms with Crippen molar-refractivity contribution in [3.63, 3.8) is 0 Å². The number of carboxylic acid groups (broad SMARTS) is 1. The van der Waals surface area contributed by atoms with E-state index in [4.69, 9.17) is 9.47 Å². The third-order valence-electron chi connectivity index (χ3n) is 3.76. The number of nitrogens with one attached hydrogen (secondary N) is 1. The van der Waals surface area contributed by atoms with Crippen molar-refractivity contribution in [2.75, 3.05) is 26.4 Å². The molecule has 0 unspecified atom stereocenters. The van der Waals surface area contributed by atoms with Crippen LogP contribution in [-0.4, -0.2) is 37.4 Å². The molecule has 19 heavy (non-hydrogen) atoms. The number of benzene rings is 1. The van der Waals surface area contributed by atoms with Crippen LogP contribution in [0.1, 0.15) is 11.1 Å². The summed E-state index contributed by atoms with van der Waals surface area (Å²) in [6, 6.07) is 6.13. The van der Waals surface area contributed by atoms with Crippen LogP contribution in [0.2, 0.25) is 0 Å². The van der Waals surface area contributed by atoms with Crippen molar-refractivity contribution in [1.29, 1.82) is 0 Å². The second-order valence-corrected chi connectivity index (χ2v) is 5.22. The van der Waals surface area contributed by atoms with Gasteiger partial charge in [0.05, 0.1) is 19.8 Å². The minimum absolute atomic E-state index is 0.299. The van der Waals surface area contributed by atoms with Crippen LogP contribution in [0.15, 0.2) is 18.2 Å². The molecule has 0 aromatic heterocycles. The molecule has 2 N–H and O–H groups in total. The fraction of sp³-hybridized carbons (Fsp3) is 0.500. The second-order valence-electron chi connectivity index (χ2n) is 5.22. The number of carboxylic acids is 1. The van der Waals surface area contributed by atoms with Gasteiger partial charge in [0.25, 0.3) is 0 Å². The molecule has 102 valence electrons. The largest absolute Gasteiger partial charge is 0.493 e. The molecular weight excluding hydrogens is 246 g/mol. The van der Waals surface area contributed by atoms with Crippen LogP contribution in [0.5, 0.6) is 5.75 Å². The summed E-state index contributed by atoms with van der Waals surface area (Å²) in [4.78, 5) is 11.2. The van der Waals surface area contributed by atoms with Crippen molar-refractivity contribution in [1.82, 2.24) is 5.32 Å². The lowest BCUT2D eigenvalue weighted by Gasteiger charge is -2.37. The van der Waals surface area contributed by atoms with Crippen molar-refractivity contribution in [2.45, 2.75) is 13.0 Å². The molecule has 5 nitrogen and oxygen atoms in total. The maximum Gasteiger partial charge on any atom is 0.315 e. The van der Waals surface area contributed by atoms with Gasteiger partial charge in [-0.2, -0.15) is 0 Å². The topological polar surface area (TPSA) is 67.8 Å². The van der Waals surface area contributed by atoms with Crippen molar-refractivity contribution in [3.8, 4) is 5.75 Å². The zero-order valence-electron chi connectivity index (χ0n) is 10.6. The standard InChI is InChI=1S/C14H17NO4/c16-13(17)14(8-18-9-14)7-15-6-10-1-2-12-11(5-10)3-4-19-12/h1-2,5,15H,3-4,6-9H2,(H,16,17). The Labute approximate surface area is 111 Å². The van der Waals surface area contributed by atoms with E-state index in [9.17, 15) is 9.90 Å². The van der Waals surface area contributed by atoms with Gasteiger partial charge < -0.3 is 19.9 Å². The first-order chi connectivity index (χ1) is 9.20. The maximum absolute atomic E-state index is 11.2. The molecule has 0 radical (unpaired) electrons. The highest BCUT2D eigenvalue weighted by Gasteiger charge is 2.45. The normalized spacial score (nSPS) is 19.4. The molecule has 0 saturated carbocycles. The summed E-state index contributed by atoms with van der Waals surface area (Å²) in [7, 11) is 0. The molecule has 1 saturated heterocycles. The van der Waals surface area contributed by atoms with Gasteiger partial charge in [-0.15, -0.1) is 0 Å². The van der Waals surface area contributed by atoms with E-state index in [1.807, 2.05) is 12.1 Å². The molecule has 5 heteroatoms. The first-order valence-corrected chi connectivity index (χ1v) is 6.46. The summed E-state index contributed by atoms with van der Waals surface area (Å²) in [6.45, 7) is 2.46. The summed E-state index contributed by atoms with van der Waals surface area (Å²) >= 11 is 0. The Morgan fingerprint density at radius 2 is 2.26 bits per heavy atom. The van der Waals surface area contributed by atoms with Gasteiger partial charge >= 0.3 is 5.97 Å². The van der Waals surface area contributed by atoms with Gasteiger partial charge in [-0.1, -0.05) is 12.1 Å². The lowest BCUT2D eigenvalue weighted by atomic mass is 9.86. The van der Waals surface area contributed by atoms with Crippen molar-refractivity contribution in [2.24, 2.45) is 5.41 Å². The number of aliphatic carboxylic acids is 1. The molecule has 0 spiro atoms. The Morgan fingerprint density at radius 3 is 2.95 bits per heavy atom. The fourth-order valence-electron chi connectivity index (χ4n) is 2.45. The van der Waals surface area contributed by atoms with E-state index in [2.05, 4.69) is 11.4 Å². The molecular formula is C14H17NO4. The summed E-state index contributed by atoms with van der Waals surface area (Å²) in [5.74, 6) is 0.187. The highest BCUT2D eigenvalue weighted by atomic mass is 16.5. The monoisotopic (exact) mass is 263 g/mol. The van der Waals surface area contributed by atoms with Crippen LogP contribution in [-0.2, 0) is 22.5 Å². The van der Waals surface area contributed by atoms with Crippen molar-refractivity contribution >= 4 is 5.97 Å². The minimum Gasteiger partial charge on any atom is -0.493 e. The summed E-state index contributed by atoms with van der Waals surface area (Å²) in [5, 5.41) is 12.4. The highest BCUT2D eigenvalue weighted by molar-refractivity contribution is 5.76. The number of carbonyl (C=O) groups is 1. The zero-order chi connectivity index (χ0) is 13.3. The lowest BCUT2D eigenvalue weighted by molar-refractivity contribution is -0.178. The van der Waals surface area contributed by atoms with Gasteiger partial charge in [0, 0.05) is 19.5 Å². The Hall–Kier alpha value is -1.59. The smallest absolute Gasteiger partial charge is 0.315 e. The molecule has 1 fully saturated rings. The van der Waals surface area contributed by atoms with Crippen molar-refractivity contribution in [3.05, 3.63) is 29.3 Å². The summed E-state index contributed by atoms with van der Waals surface area (Å²) in [5.41, 5.74) is 1.66. The third kappa shape index (κ3) is 2.31. The van der Waals surface area contributed by atoms with E-state index in [-0.39, 0.29) is 0 Å². The van der Waals surface area contributed by atoms with Gasteiger partial charge in [-0.3, -0.25) is 4.79 Å². The van der Waals surface area contributed by atoms with E-state index < -0.39 is 11.4 Å². The molecule has 2 heterocycles. The maximum atomic E-state index is 11.2. The van der Waals surface area contributed by atoms with Gasteiger partial charge in [0.1, 0.15) is 11.2 Å². The van der Waals surface area contributed by atoms with Crippen LogP contribution in [0.3, 0.4) is 0 Å². The molecule has 1 aromatic rings. The average Bonchev–Trinajstić information content (AvgIpc) is 2.79. The van der Waals surface area contributed by atoms with Gasteiger partial charge in [-0.25, -0.2) is 0 Å². The Bertz CT molecular complexity index is 496. The predicted octanol–water partition coefficient (Wildman–Crippen LogP) is 0.812. The SMILES string of the molecule is O=C(O)C1(CNCc2ccc3c(c2)CCO3)COC1. The quantitative estimate of drug-likeness (QED) is 0.823. The number of hydrogen-bond donors (Lipinski definition) is 2. The Morgan fingerprint density at radius 1 is 1.42 bits per heavy atom. The Balaban J connectivity index is 1.56. The number of ether oxygens (including phenoxy) is 2. The summed E-state index contributed by atoms with van der Waals surface area (Å²) in [6.07, 6.45) is 0.954. The van der Waals surface area contributed by atoms with Crippen molar-refractivity contribution < 1.29 is 19.4 Å². The van der Waals surface area contributed by atoms with E-state index in [1.54, 1.807) is 0 Å². The molecule has 2 aliphatic heterocycles. The van der Waals surface area contributed by atoms with Gasteiger partial charge in [0.15, 0.2) is 0 Å². The van der Waals surface area contributed by atoms with Crippen LogP contribution in [0, 0.1) is 5.41 Å². The van der Waals surface area contributed by atoms with Crippen LogP contribution >= 0.6 is 0 Å². The number of hydrogen-bond acceptors (Lipinski definition) is 4. The second kappa shape index (κ2) is 4.83. The summed E-state index contributed by atoms with van der Waals surface area (Å²) < 4.78 is 10.5. The fourth-order valence-corrected chi connectivity index (χ4v) is 2.45. The zero-order valence-corrected chi connectivity index (χ0v) is 10.6. The molecule has 0 aliphatic carbocycles. The van der Waals surface area contributed by atoms with E-state index in [0.717, 1.165) is 24.3 Å². The molecule has 0 amide bonds. The van der Waals surface area contributed by atoms with Crippen LogP contribution in [0.4, 0.5) is 0 Å². The van der Waals surface area contributed by atoms with E-state index in [1.165, 1.54) is 5.56 Å².